The van der Waals surface area contributed by atoms with Crippen LogP contribution in [0.2, 0.25) is 5.15 Å². The normalized spacial score (nSPS) is 25.5. The molecule has 0 spiro atoms. The maximum Gasteiger partial charge on any atom is 0.232 e. The van der Waals surface area contributed by atoms with Gasteiger partial charge >= 0.3 is 0 Å². The van der Waals surface area contributed by atoms with Crippen molar-refractivity contribution in [3.63, 3.8) is 0 Å². The van der Waals surface area contributed by atoms with E-state index in [2.05, 4.69) is 9.97 Å². The molecule has 3 rings (SSSR count). The van der Waals surface area contributed by atoms with E-state index in [-0.39, 0.29) is 17.4 Å². The van der Waals surface area contributed by atoms with Crippen molar-refractivity contribution in [2.75, 3.05) is 5.73 Å². The number of nitrogen functional groups attached to an aromatic ring is 1. The summed E-state index contributed by atoms with van der Waals surface area (Å²) in [6.45, 7) is 0. The Labute approximate surface area is 112 Å². The van der Waals surface area contributed by atoms with E-state index in [0.29, 0.717) is 16.5 Å². The lowest BCUT2D eigenvalue weighted by molar-refractivity contribution is -0.120. The molecular formula is C12H10ClFN4O. The first-order valence-electron chi connectivity index (χ1n) is 5.61. The van der Waals surface area contributed by atoms with Crippen LogP contribution in [0.15, 0.2) is 18.3 Å². The first-order valence-corrected chi connectivity index (χ1v) is 5.99. The van der Waals surface area contributed by atoms with E-state index in [1.54, 1.807) is 12.1 Å². The van der Waals surface area contributed by atoms with Gasteiger partial charge < -0.3 is 11.5 Å². The predicted octanol–water partition coefficient (Wildman–Crippen LogP) is 1.33. The Kier molecular flexibility index (Phi) is 2.40. The highest BCUT2D eigenvalue weighted by Crippen LogP contribution is 2.50. The fourth-order valence-corrected chi connectivity index (χ4v) is 2.46. The summed E-state index contributed by atoms with van der Waals surface area (Å²) in [6, 6.07) is 3.17. The molecule has 2 atom stereocenters. The van der Waals surface area contributed by atoms with Crippen molar-refractivity contribution >= 4 is 34.1 Å². The summed E-state index contributed by atoms with van der Waals surface area (Å²) < 4.78 is 13.5. The molecule has 1 fully saturated rings. The number of nitrogens with zero attached hydrogens (tertiary/aromatic N) is 2. The molecule has 2 heterocycles. The topological polar surface area (TPSA) is 94.9 Å². The zero-order chi connectivity index (χ0) is 13.8. The second-order valence-corrected chi connectivity index (χ2v) is 5.02. The van der Waals surface area contributed by atoms with E-state index in [9.17, 15) is 9.18 Å². The SMILES string of the molecule is NC(=O)C1(c2cc3cc(Cl)nc(N)c3cn2)CC1F. The molecule has 0 radical (unpaired) electrons. The zero-order valence-electron chi connectivity index (χ0n) is 9.73. The summed E-state index contributed by atoms with van der Waals surface area (Å²) >= 11 is 5.82. The molecule has 4 N–H and O–H groups in total. The van der Waals surface area contributed by atoms with E-state index >= 15 is 0 Å². The molecule has 2 aromatic rings. The van der Waals surface area contributed by atoms with Gasteiger partial charge in [-0.1, -0.05) is 11.6 Å². The van der Waals surface area contributed by atoms with Crippen LogP contribution < -0.4 is 11.5 Å². The number of carbonyl (C=O) groups excluding carboxylic acids is 1. The number of hydrogen-bond acceptors (Lipinski definition) is 4. The van der Waals surface area contributed by atoms with Gasteiger partial charge in [-0.15, -0.1) is 0 Å². The summed E-state index contributed by atoms with van der Waals surface area (Å²) in [5.74, 6) is -0.470. The average molecular weight is 281 g/mol. The van der Waals surface area contributed by atoms with Crippen molar-refractivity contribution in [3.05, 3.63) is 29.2 Å². The number of nitrogens with two attached hydrogens (primary N) is 2. The number of alkyl halides is 1. The summed E-state index contributed by atoms with van der Waals surface area (Å²) in [5, 5.41) is 1.48. The molecule has 2 aromatic heterocycles. The van der Waals surface area contributed by atoms with Crippen LogP contribution in [-0.4, -0.2) is 22.0 Å². The van der Waals surface area contributed by atoms with Crippen LogP contribution in [0.3, 0.4) is 0 Å². The predicted molar refractivity (Wildman–Crippen MR) is 69.3 cm³/mol. The Morgan fingerprint density at radius 3 is 2.79 bits per heavy atom. The summed E-state index contributed by atoms with van der Waals surface area (Å²) in [5.41, 5.74) is 9.99. The van der Waals surface area contributed by atoms with Gasteiger partial charge in [-0.25, -0.2) is 9.37 Å². The molecule has 0 bridgehead atoms. The van der Waals surface area contributed by atoms with E-state index in [1.807, 2.05) is 0 Å². The molecule has 0 aromatic carbocycles. The van der Waals surface area contributed by atoms with Crippen molar-refractivity contribution in [2.45, 2.75) is 18.0 Å². The van der Waals surface area contributed by atoms with E-state index < -0.39 is 17.5 Å². The fraction of sp³-hybridized carbons (Fsp3) is 0.250. The molecule has 1 saturated carbocycles. The van der Waals surface area contributed by atoms with Crippen molar-refractivity contribution in [1.82, 2.24) is 9.97 Å². The van der Waals surface area contributed by atoms with Crippen LogP contribution in [0.1, 0.15) is 12.1 Å². The van der Waals surface area contributed by atoms with Gasteiger partial charge in [0.1, 0.15) is 22.6 Å². The summed E-state index contributed by atoms with van der Waals surface area (Å²) in [7, 11) is 0. The quantitative estimate of drug-likeness (QED) is 0.811. The molecule has 19 heavy (non-hydrogen) atoms. The molecular weight excluding hydrogens is 271 g/mol. The standard InChI is InChI=1S/C12H10ClFN4O/c13-9-2-5-1-8(12(11(16)19)3-7(12)14)17-4-6(5)10(15)18-9/h1-2,4,7H,3H2,(H2,15,18)(H2,16,19). The molecule has 1 aliphatic rings. The van der Waals surface area contributed by atoms with Crippen LogP contribution in [0.25, 0.3) is 10.8 Å². The van der Waals surface area contributed by atoms with Crippen LogP contribution in [0, 0.1) is 0 Å². The number of fused-ring (bicyclic) bond motifs is 1. The number of carbonyl (C=O) groups is 1. The highest BCUT2D eigenvalue weighted by molar-refractivity contribution is 6.30. The summed E-state index contributed by atoms with van der Waals surface area (Å²) in [4.78, 5) is 19.4. The molecule has 98 valence electrons. The number of amides is 1. The van der Waals surface area contributed by atoms with Gasteiger partial charge in [-0.05, 0) is 17.5 Å². The Morgan fingerprint density at radius 2 is 2.21 bits per heavy atom. The number of pyridine rings is 2. The lowest BCUT2D eigenvalue weighted by Crippen LogP contribution is -2.31. The number of aromatic nitrogens is 2. The molecule has 1 amide bonds. The lowest BCUT2D eigenvalue weighted by atomic mass is 9.99. The Hall–Kier alpha value is -1.95. The van der Waals surface area contributed by atoms with Crippen LogP contribution in [-0.2, 0) is 10.2 Å². The van der Waals surface area contributed by atoms with E-state index in [1.165, 1.54) is 6.20 Å². The molecule has 1 aliphatic carbocycles. The first-order chi connectivity index (χ1) is 8.95. The minimum absolute atomic E-state index is 0.0646. The largest absolute Gasteiger partial charge is 0.383 e. The van der Waals surface area contributed by atoms with Crippen LogP contribution in [0.4, 0.5) is 10.2 Å². The number of hydrogen-bond donors (Lipinski definition) is 2. The molecule has 5 nitrogen and oxygen atoms in total. The van der Waals surface area contributed by atoms with Crippen LogP contribution >= 0.6 is 11.6 Å². The van der Waals surface area contributed by atoms with Gasteiger partial charge in [0.15, 0.2) is 0 Å². The number of anilines is 1. The van der Waals surface area contributed by atoms with Gasteiger partial charge in [0.25, 0.3) is 0 Å². The Balaban J connectivity index is 2.20. The second-order valence-electron chi connectivity index (χ2n) is 4.63. The van der Waals surface area contributed by atoms with Crippen molar-refractivity contribution in [1.29, 1.82) is 0 Å². The third-order valence-corrected chi connectivity index (χ3v) is 3.68. The first kappa shape index (κ1) is 12.1. The Morgan fingerprint density at radius 1 is 1.53 bits per heavy atom. The van der Waals surface area contributed by atoms with Crippen molar-refractivity contribution in [3.8, 4) is 0 Å². The van der Waals surface area contributed by atoms with Gasteiger partial charge in [-0.2, -0.15) is 0 Å². The number of rotatable bonds is 2. The fourth-order valence-electron chi connectivity index (χ4n) is 2.25. The zero-order valence-corrected chi connectivity index (χ0v) is 10.5. The average Bonchev–Trinajstić information content (AvgIpc) is 3.01. The molecule has 0 aliphatic heterocycles. The minimum atomic E-state index is -1.31. The maximum absolute atomic E-state index is 13.5. The second kappa shape index (κ2) is 3.77. The molecule has 7 heteroatoms. The third-order valence-electron chi connectivity index (χ3n) is 3.49. The monoisotopic (exact) mass is 280 g/mol. The highest BCUT2D eigenvalue weighted by atomic mass is 35.5. The molecule has 2 unspecified atom stereocenters. The van der Waals surface area contributed by atoms with E-state index in [0.717, 1.165) is 0 Å². The van der Waals surface area contributed by atoms with E-state index in [4.69, 9.17) is 23.1 Å². The van der Waals surface area contributed by atoms with Gasteiger partial charge in [-0.3, -0.25) is 9.78 Å². The van der Waals surface area contributed by atoms with Gasteiger partial charge in [0.2, 0.25) is 5.91 Å². The number of halogens is 2. The van der Waals surface area contributed by atoms with Crippen LogP contribution in [0.5, 0.6) is 0 Å². The minimum Gasteiger partial charge on any atom is -0.383 e. The number of primary amides is 1. The third kappa shape index (κ3) is 1.63. The maximum atomic E-state index is 13.5. The summed E-state index contributed by atoms with van der Waals surface area (Å²) in [6.07, 6.45) is 0.235. The van der Waals surface area contributed by atoms with Crippen molar-refractivity contribution in [2.24, 2.45) is 5.73 Å². The smallest absolute Gasteiger partial charge is 0.232 e. The van der Waals surface area contributed by atoms with Crippen molar-refractivity contribution < 1.29 is 9.18 Å². The van der Waals surface area contributed by atoms with Gasteiger partial charge in [0.05, 0.1) is 5.69 Å². The Bertz CT molecular complexity index is 707. The highest BCUT2D eigenvalue weighted by Gasteiger charge is 2.62. The lowest BCUT2D eigenvalue weighted by Gasteiger charge is -2.11. The van der Waals surface area contributed by atoms with Gasteiger partial charge in [0, 0.05) is 18.0 Å². The molecule has 0 saturated heterocycles.